The van der Waals surface area contributed by atoms with Crippen LogP contribution in [0.5, 0.6) is 0 Å². The molecule has 6 nitrogen and oxygen atoms in total. The number of nitrogens with zero attached hydrogens (tertiary/aromatic N) is 1. The van der Waals surface area contributed by atoms with E-state index in [1.54, 1.807) is 49.4 Å². The molecule has 1 amide bonds. The highest BCUT2D eigenvalue weighted by molar-refractivity contribution is 7.92. The number of nitrogens with one attached hydrogen (secondary N) is 2. The highest BCUT2D eigenvalue weighted by atomic mass is 35.5. The van der Waals surface area contributed by atoms with Crippen molar-refractivity contribution in [3.63, 3.8) is 0 Å². The van der Waals surface area contributed by atoms with Gasteiger partial charge in [-0.15, -0.1) is 0 Å². The maximum atomic E-state index is 13.3. The third kappa shape index (κ3) is 4.93. The highest BCUT2D eigenvalue weighted by Gasteiger charge is 2.32. The Hall–Kier alpha value is -2.90. The number of hydrogen-bond acceptors (Lipinski definition) is 4. The normalized spacial score (nSPS) is 12.2. The number of amides is 1. The lowest BCUT2D eigenvalue weighted by Gasteiger charge is -2.21. The Morgan fingerprint density at radius 2 is 1.76 bits per heavy atom. The van der Waals surface area contributed by atoms with Gasteiger partial charge in [-0.25, -0.2) is 8.42 Å². The highest BCUT2D eigenvalue weighted by Crippen LogP contribution is 2.28. The van der Waals surface area contributed by atoms with Crippen LogP contribution in [0, 0.1) is 13.8 Å². The predicted molar refractivity (Wildman–Crippen MR) is 114 cm³/mol. The number of carbonyl (C=O) groups is 1. The minimum Gasteiger partial charge on any atom is -0.329 e. The van der Waals surface area contributed by atoms with Crippen molar-refractivity contribution in [1.29, 1.82) is 0 Å². The van der Waals surface area contributed by atoms with Crippen LogP contribution in [-0.4, -0.2) is 19.3 Å². The number of sulfonamides is 1. The Morgan fingerprint density at radius 3 is 2.45 bits per heavy atom. The van der Waals surface area contributed by atoms with E-state index in [-0.39, 0.29) is 10.7 Å². The fourth-order valence-electron chi connectivity index (χ4n) is 2.73. The van der Waals surface area contributed by atoms with Crippen LogP contribution in [-0.2, 0) is 10.0 Å². The molecule has 0 saturated carbocycles. The molecule has 0 aliphatic rings. The summed E-state index contributed by atoms with van der Waals surface area (Å²) in [6.45, 7) is 3.66. The molecule has 0 aliphatic heterocycles. The van der Waals surface area contributed by atoms with Crippen molar-refractivity contribution in [2.24, 2.45) is 0 Å². The molecular weight excluding hydrogens is 410 g/mol. The van der Waals surface area contributed by atoms with Crippen molar-refractivity contribution in [3.8, 4) is 0 Å². The molecular formula is C21H20ClN3O3S. The van der Waals surface area contributed by atoms with Gasteiger partial charge in [0.1, 0.15) is 0 Å². The van der Waals surface area contributed by atoms with Crippen LogP contribution in [0.2, 0.25) is 5.02 Å². The maximum absolute atomic E-state index is 13.3. The van der Waals surface area contributed by atoms with Gasteiger partial charge in [0.15, 0.2) is 5.37 Å². The van der Waals surface area contributed by atoms with Gasteiger partial charge in [0.25, 0.3) is 15.9 Å². The fraction of sp³-hybridized carbons (Fsp3) is 0.143. The van der Waals surface area contributed by atoms with Crippen molar-refractivity contribution in [2.75, 3.05) is 4.72 Å². The molecule has 150 valence electrons. The molecule has 1 atom stereocenters. The van der Waals surface area contributed by atoms with Gasteiger partial charge < -0.3 is 5.32 Å². The first-order valence-electron chi connectivity index (χ1n) is 8.83. The molecule has 0 aliphatic carbocycles. The number of hydrogen-bond donors (Lipinski definition) is 2. The summed E-state index contributed by atoms with van der Waals surface area (Å²) in [5.41, 5.74) is 2.44. The Morgan fingerprint density at radius 1 is 1.03 bits per heavy atom. The number of benzene rings is 2. The van der Waals surface area contributed by atoms with Crippen molar-refractivity contribution in [2.45, 2.75) is 19.2 Å². The molecule has 0 bridgehead atoms. The Labute approximate surface area is 175 Å². The van der Waals surface area contributed by atoms with Crippen LogP contribution in [0.15, 0.2) is 66.9 Å². The molecule has 2 N–H and O–H groups in total. The summed E-state index contributed by atoms with van der Waals surface area (Å²) in [5, 5.41) is 1.20. The van der Waals surface area contributed by atoms with Crippen molar-refractivity contribution >= 4 is 33.2 Å². The van der Waals surface area contributed by atoms with Crippen molar-refractivity contribution < 1.29 is 13.2 Å². The predicted octanol–water partition coefficient (Wildman–Crippen LogP) is 4.22. The standard InChI is InChI=1S/C21H20ClN3O3S/c1-14-10-11-15(2)18(13-14)25-29(27,28)21(19-17(22)9-6-12-23-19)24-20(26)16-7-4-3-5-8-16/h3-13,21,25H,1-2H3,(H,24,26). The average Bonchev–Trinajstić information content (AvgIpc) is 2.70. The zero-order valence-corrected chi connectivity index (χ0v) is 17.5. The smallest absolute Gasteiger partial charge is 0.259 e. The lowest BCUT2D eigenvalue weighted by Crippen LogP contribution is -2.37. The fourth-order valence-corrected chi connectivity index (χ4v) is 4.42. The molecule has 1 heterocycles. The molecule has 1 aromatic heterocycles. The second kappa shape index (κ2) is 8.63. The van der Waals surface area contributed by atoms with Crippen LogP contribution in [0.25, 0.3) is 0 Å². The molecule has 3 aromatic rings. The van der Waals surface area contributed by atoms with E-state index in [2.05, 4.69) is 15.0 Å². The van der Waals surface area contributed by atoms with E-state index in [1.165, 1.54) is 12.3 Å². The Bertz CT molecular complexity index is 1130. The van der Waals surface area contributed by atoms with Gasteiger partial charge in [-0.05, 0) is 55.3 Å². The first-order valence-corrected chi connectivity index (χ1v) is 10.8. The molecule has 3 rings (SSSR count). The zero-order chi connectivity index (χ0) is 21.0. The zero-order valence-electron chi connectivity index (χ0n) is 15.9. The number of rotatable bonds is 6. The first kappa shape index (κ1) is 20.8. The number of aromatic nitrogens is 1. The number of aryl methyl sites for hydroxylation is 2. The van der Waals surface area contributed by atoms with Crippen LogP contribution in [0.4, 0.5) is 5.69 Å². The molecule has 2 aromatic carbocycles. The molecule has 0 saturated heterocycles. The number of carbonyl (C=O) groups excluding carboxylic acids is 1. The van der Waals surface area contributed by atoms with Gasteiger partial charge in [-0.1, -0.05) is 41.9 Å². The summed E-state index contributed by atoms with van der Waals surface area (Å²) in [5.74, 6) is -0.552. The molecule has 8 heteroatoms. The molecule has 29 heavy (non-hydrogen) atoms. The van der Waals surface area contributed by atoms with Gasteiger partial charge in [-0.2, -0.15) is 0 Å². The van der Waals surface area contributed by atoms with Gasteiger partial charge in [0.2, 0.25) is 0 Å². The minimum atomic E-state index is -4.12. The van der Waals surface area contributed by atoms with E-state index < -0.39 is 21.3 Å². The summed E-state index contributed by atoms with van der Waals surface area (Å²) in [7, 11) is -4.12. The SMILES string of the molecule is Cc1ccc(C)c(NS(=O)(=O)C(NC(=O)c2ccccc2)c2ncccc2Cl)c1. The topological polar surface area (TPSA) is 88.2 Å². The van der Waals surface area contributed by atoms with Crippen LogP contribution < -0.4 is 10.0 Å². The minimum absolute atomic E-state index is 0.0382. The second-order valence-electron chi connectivity index (χ2n) is 6.56. The molecule has 0 radical (unpaired) electrons. The number of anilines is 1. The average molecular weight is 430 g/mol. The summed E-state index contributed by atoms with van der Waals surface area (Å²) in [6.07, 6.45) is 1.43. The van der Waals surface area contributed by atoms with Crippen LogP contribution in [0.1, 0.15) is 32.6 Å². The van der Waals surface area contributed by atoms with Gasteiger partial charge in [0, 0.05) is 11.8 Å². The molecule has 1 unspecified atom stereocenters. The largest absolute Gasteiger partial charge is 0.329 e. The van der Waals surface area contributed by atoms with E-state index in [1.807, 2.05) is 19.1 Å². The van der Waals surface area contributed by atoms with Crippen molar-refractivity contribution in [3.05, 3.63) is 94.3 Å². The maximum Gasteiger partial charge on any atom is 0.259 e. The lowest BCUT2D eigenvalue weighted by atomic mass is 10.1. The Kier molecular flexibility index (Phi) is 6.20. The lowest BCUT2D eigenvalue weighted by molar-refractivity contribution is 0.0947. The third-order valence-electron chi connectivity index (χ3n) is 4.29. The monoisotopic (exact) mass is 429 g/mol. The number of halogens is 1. The second-order valence-corrected chi connectivity index (χ2v) is 8.73. The third-order valence-corrected chi connectivity index (χ3v) is 6.07. The summed E-state index contributed by atoms with van der Waals surface area (Å²) >= 11 is 6.21. The van der Waals surface area contributed by atoms with Crippen LogP contribution in [0.3, 0.4) is 0 Å². The van der Waals surface area contributed by atoms with E-state index in [0.717, 1.165) is 11.1 Å². The summed E-state index contributed by atoms with van der Waals surface area (Å²) in [4.78, 5) is 16.8. The van der Waals surface area contributed by atoms with Crippen molar-refractivity contribution in [1.82, 2.24) is 10.3 Å². The van der Waals surface area contributed by atoms with E-state index in [0.29, 0.717) is 11.3 Å². The van der Waals surface area contributed by atoms with E-state index in [9.17, 15) is 13.2 Å². The summed E-state index contributed by atoms with van der Waals surface area (Å²) < 4.78 is 29.1. The van der Waals surface area contributed by atoms with Crippen LogP contribution >= 0.6 is 11.6 Å². The van der Waals surface area contributed by atoms with Gasteiger partial charge in [0.05, 0.1) is 16.4 Å². The van der Waals surface area contributed by atoms with E-state index in [4.69, 9.17) is 11.6 Å². The van der Waals surface area contributed by atoms with Gasteiger partial charge >= 0.3 is 0 Å². The first-order chi connectivity index (χ1) is 13.8. The van der Waals surface area contributed by atoms with Gasteiger partial charge in [-0.3, -0.25) is 14.5 Å². The molecule has 0 fully saturated rings. The summed E-state index contributed by atoms with van der Waals surface area (Å²) in [6, 6.07) is 16.9. The van der Waals surface area contributed by atoms with E-state index >= 15 is 0 Å². The number of pyridine rings is 1. The Balaban J connectivity index is 2.01. The quantitative estimate of drug-likeness (QED) is 0.614. The molecule has 0 spiro atoms.